The second-order valence-electron chi connectivity index (χ2n) is 26.3. The largest absolute Gasteiger partial charge is 0.462 e. The summed E-state index contributed by atoms with van der Waals surface area (Å²) in [6, 6.07) is 0. The van der Waals surface area contributed by atoms with Crippen LogP contribution in [0.25, 0.3) is 0 Å². The lowest BCUT2D eigenvalue weighted by atomic mass is 9.32. The number of aliphatic hydroxyl groups excluding tert-OH is 14. The maximum Gasteiger partial charge on any atom is 0.302 e. The first kappa shape index (κ1) is 60.9. The second-order valence-corrected chi connectivity index (χ2v) is 26.3. The number of esters is 1. The Kier molecular flexibility index (Phi) is 17.2. The monoisotopic (exact) mass is 1120 g/mol. The summed E-state index contributed by atoms with van der Waals surface area (Å²) in [5, 5.41) is 155. The quantitative estimate of drug-likeness (QED) is 0.0533. The normalized spacial score (nSPS) is 53.9. The molecule has 24 heteroatoms. The molecular weight excluding hydrogens is 1030 g/mol. The highest BCUT2D eigenvalue weighted by molar-refractivity contribution is 5.66. The van der Waals surface area contributed by atoms with Gasteiger partial charge in [0.05, 0.1) is 56.8 Å². The molecule has 0 radical (unpaired) electrons. The number of carbonyl (C=O) groups excluding carboxylic acids is 1. The van der Waals surface area contributed by atoms with Gasteiger partial charge >= 0.3 is 5.97 Å². The van der Waals surface area contributed by atoms with Crippen LogP contribution >= 0.6 is 0 Å². The Hall–Kier alpha value is -1.67. The summed E-state index contributed by atoms with van der Waals surface area (Å²) in [4.78, 5) is 12.6. The highest BCUT2D eigenvalue weighted by Gasteiger charge is 2.75. The summed E-state index contributed by atoms with van der Waals surface area (Å²) >= 11 is 0. The number of rotatable bonds is 12. The Morgan fingerprint density at radius 1 is 0.603 bits per heavy atom. The van der Waals surface area contributed by atoms with Crippen LogP contribution in [-0.2, 0) is 47.4 Å². The van der Waals surface area contributed by atoms with Crippen molar-refractivity contribution in [3.8, 4) is 0 Å². The van der Waals surface area contributed by atoms with Gasteiger partial charge in [0.1, 0.15) is 91.6 Å². The van der Waals surface area contributed by atoms with Gasteiger partial charge < -0.3 is 114 Å². The number of hydrogen-bond donors (Lipinski definition) is 14. The zero-order valence-electron chi connectivity index (χ0n) is 45.8. The van der Waals surface area contributed by atoms with E-state index in [1.807, 2.05) is 0 Å². The van der Waals surface area contributed by atoms with Crippen LogP contribution in [-0.4, -0.2) is 246 Å². The van der Waals surface area contributed by atoms with Crippen molar-refractivity contribution in [1.82, 2.24) is 0 Å². The third-order valence-electron chi connectivity index (χ3n) is 21.2. The van der Waals surface area contributed by atoms with Crippen molar-refractivity contribution >= 4 is 5.97 Å². The van der Waals surface area contributed by atoms with Crippen molar-refractivity contribution in [3.63, 3.8) is 0 Å². The number of allylic oxidation sites excluding steroid dienone is 1. The van der Waals surface area contributed by atoms with Gasteiger partial charge in [0, 0.05) is 12.3 Å². The molecule has 8 fully saturated rings. The van der Waals surface area contributed by atoms with Gasteiger partial charge in [0.15, 0.2) is 25.2 Å². The molecule has 448 valence electrons. The molecule has 4 aliphatic heterocycles. The average molecular weight is 1120 g/mol. The highest BCUT2D eigenvalue weighted by Crippen LogP contribution is 2.76. The van der Waals surface area contributed by atoms with Crippen LogP contribution in [0.5, 0.6) is 0 Å². The lowest BCUT2D eigenvalue weighted by Crippen LogP contribution is -2.74. The van der Waals surface area contributed by atoms with Crippen LogP contribution in [0, 0.1) is 50.2 Å². The molecule has 0 spiro atoms. The van der Waals surface area contributed by atoms with Crippen LogP contribution < -0.4 is 0 Å². The second kappa shape index (κ2) is 22.1. The Balaban J connectivity index is 0.986. The van der Waals surface area contributed by atoms with Crippen molar-refractivity contribution < 1.29 is 119 Å². The summed E-state index contributed by atoms with van der Waals surface area (Å²) in [5.74, 6) is -0.949. The molecular formula is C54H88O24. The van der Waals surface area contributed by atoms with Gasteiger partial charge in [0.25, 0.3) is 0 Å². The van der Waals surface area contributed by atoms with Gasteiger partial charge in [-0.25, -0.2) is 0 Å². The molecule has 14 N–H and O–H groups in total. The molecule has 0 aromatic heterocycles. The average Bonchev–Trinajstić information content (AvgIpc) is 3.31. The summed E-state index contributed by atoms with van der Waals surface area (Å²) < 4.78 is 54.5. The van der Waals surface area contributed by atoms with E-state index < -0.39 is 202 Å². The number of ether oxygens (including phenoxy) is 9. The molecule has 0 aromatic rings. The fourth-order valence-electron chi connectivity index (χ4n) is 16.7. The number of aliphatic hydroxyl groups is 14. The summed E-state index contributed by atoms with van der Waals surface area (Å²) in [6.07, 6.45) is -28.3. The fourth-order valence-corrected chi connectivity index (χ4v) is 16.7. The van der Waals surface area contributed by atoms with Crippen molar-refractivity contribution in [3.05, 3.63) is 11.6 Å². The van der Waals surface area contributed by atoms with Gasteiger partial charge in [-0.3, -0.25) is 4.79 Å². The molecule has 0 bridgehead atoms. The maximum absolute atomic E-state index is 12.7. The van der Waals surface area contributed by atoms with E-state index >= 15 is 0 Å². The number of carbonyl (C=O) groups is 1. The molecule has 29 atom stereocenters. The minimum atomic E-state index is -1.92. The van der Waals surface area contributed by atoms with Crippen molar-refractivity contribution in [2.45, 2.75) is 235 Å². The standard InChI is InChI=1S/C54H88O24/c1-22(58)72-32-16-49(2,3)15-24-23-9-10-30-51(6)13-12-31(50(4,5)29(51)11-14-52(30,7)53(23,8)43(68)44(69)54(24,32)21-57)76-47-41(78-46-40(67)37(64)34(61)26(17-55)73-46)36(63)28(20-71-47)75-48-42(38(65)35(62)27(18-56)74-48)77-45-39(66)33(60)25(59)19-70-45/h9,24-48,55-57,59-69H,10-21H2,1-8H3/t24-,25+,26+,27+,28-,29-,30+,31-,32-,33-,34+,35+,36-,37-,38-,39+,40+,41+,42+,43-,44+,45-,46-,47-,48-,51-,52+,53-,54+/m0/s1. The lowest BCUT2D eigenvalue weighted by Gasteiger charge is -2.73. The van der Waals surface area contributed by atoms with E-state index in [4.69, 9.17) is 42.6 Å². The van der Waals surface area contributed by atoms with E-state index in [1.54, 1.807) is 0 Å². The van der Waals surface area contributed by atoms with Crippen LogP contribution in [0.3, 0.4) is 0 Å². The highest BCUT2D eigenvalue weighted by atomic mass is 16.8. The first-order valence-corrected chi connectivity index (χ1v) is 27.8. The van der Waals surface area contributed by atoms with Gasteiger partial charge in [0.2, 0.25) is 0 Å². The van der Waals surface area contributed by atoms with Crippen LogP contribution in [0.2, 0.25) is 0 Å². The van der Waals surface area contributed by atoms with Crippen molar-refractivity contribution in [2.24, 2.45) is 50.2 Å². The van der Waals surface area contributed by atoms with Gasteiger partial charge in [-0.2, -0.15) is 0 Å². The Morgan fingerprint density at radius 2 is 1.21 bits per heavy atom. The fraction of sp³-hybridized carbons (Fsp3) is 0.944. The summed E-state index contributed by atoms with van der Waals surface area (Å²) in [7, 11) is 0. The topological polar surface area (TPSA) is 383 Å². The molecule has 4 heterocycles. The molecule has 0 unspecified atom stereocenters. The molecule has 24 nitrogen and oxygen atoms in total. The van der Waals surface area contributed by atoms with Crippen molar-refractivity contribution in [2.75, 3.05) is 33.0 Å². The predicted molar refractivity (Wildman–Crippen MR) is 264 cm³/mol. The lowest BCUT2D eigenvalue weighted by molar-refractivity contribution is -0.392. The Bertz CT molecular complexity index is 2150. The van der Waals surface area contributed by atoms with Gasteiger partial charge in [-0.05, 0) is 84.4 Å². The molecule has 0 aromatic carbocycles. The predicted octanol–water partition coefficient (Wildman–Crippen LogP) is -2.80. The van der Waals surface area contributed by atoms with Crippen molar-refractivity contribution in [1.29, 1.82) is 0 Å². The van der Waals surface area contributed by atoms with Crippen LogP contribution in [0.4, 0.5) is 0 Å². The third-order valence-corrected chi connectivity index (χ3v) is 21.2. The molecule has 0 amide bonds. The minimum absolute atomic E-state index is 0.0144. The van der Waals surface area contributed by atoms with Gasteiger partial charge in [-0.15, -0.1) is 0 Å². The number of fused-ring (bicyclic) bond motifs is 7. The molecule has 9 rings (SSSR count). The zero-order valence-corrected chi connectivity index (χ0v) is 45.8. The van der Waals surface area contributed by atoms with E-state index in [1.165, 1.54) is 6.92 Å². The Labute approximate surface area is 454 Å². The Morgan fingerprint density at radius 3 is 1.85 bits per heavy atom. The van der Waals surface area contributed by atoms with E-state index in [9.17, 15) is 76.3 Å². The first-order valence-electron chi connectivity index (χ1n) is 27.8. The molecule has 4 saturated carbocycles. The van der Waals surface area contributed by atoms with Crippen LogP contribution in [0.1, 0.15) is 100 Å². The minimum Gasteiger partial charge on any atom is -0.462 e. The molecule has 5 aliphatic carbocycles. The van der Waals surface area contributed by atoms with E-state index in [0.29, 0.717) is 44.9 Å². The SMILES string of the molecule is CC(=O)O[C@H]1CC(C)(C)C[C@H]2C3=CC[C@@H]4[C@@]5(C)CC[C@H](O[C@@H]6OC[C@H](O[C@@H]7O[C@H](CO)[C@@H](O)[C@H](O)[C@H]7O[C@@H]7OC[C@@H](O)[C@H](O)[C@H]7O)[C@H](O)[C@H]6O[C@@H]6O[C@H](CO)[C@@H](O)[C@H](O)[C@H]6O)C(C)(C)[C@@H]5CC[C@@]4(C)[C@]3(C)[C@@H](O)[C@@H](O)[C@@]12CO. The van der Waals surface area contributed by atoms with E-state index in [0.717, 1.165) is 5.57 Å². The summed E-state index contributed by atoms with van der Waals surface area (Å²) in [6.45, 7) is 13.3. The molecule has 78 heavy (non-hydrogen) atoms. The zero-order chi connectivity index (χ0) is 57.1. The number of hydrogen-bond acceptors (Lipinski definition) is 24. The summed E-state index contributed by atoms with van der Waals surface area (Å²) in [5.41, 5.74) is -3.18. The molecule has 4 saturated heterocycles. The van der Waals surface area contributed by atoms with Crippen LogP contribution in [0.15, 0.2) is 11.6 Å². The molecule has 9 aliphatic rings. The third kappa shape index (κ3) is 9.67. The van der Waals surface area contributed by atoms with Gasteiger partial charge in [-0.1, -0.05) is 60.1 Å². The first-order chi connectivity index (χ1) is 36.5. The smallest absolute Gasteiger partial charge is 0.302 e. The van der Waals surface area contributed by atoms with E-state index in [2.05, 4.69) is 54.5 Å². The maximum atomic E-state index is 12.7. The van der Waals surface area contributed by atoms with E-state index in [-0.39, 0.29) is 22.7 Å².